The zero-order valence-electron chi connectivity index (χ0n) is 16.1. The van der Waals surface area contributed by atoms with Gasteiger partial charge in [0, 0.05) is 29.2 Å². The lowest BCUT2D eigenvalue weighted by Crippen LogP contribution is -2.25. The highest BCUT2D eigenvalue weighted by atomic mass is 16.6. The molecule has 0 bridgehead atoms. The second-order valence-electron chi connectivity index (χ2n) is 6.98. The van der Waals surface area contributed by atoms with Gasteiger partial charge >= 0.3 is 16.9 Å². The second-order valence-corrected chi connectivity index (χ2v) is 6.98. The molecule has 0 aliphatic rings. The van der Waals surface area contributed by atoms with E-state index in [2.05, 4.69) is 33.8 Å². The van der Waals surface area contributed by atoms with E-state index in [4.69, 9.17) is 0 Å². The Morgan fingerprint density at radius 2 is 1.77 bits per heavy atom. The van der Waals surface area contributed by atoms with Crippen LogP contribution in [0.3, 0.4) is 0 Å². The minimum atomic E-state index is -1.04. The van der Waals surface area contributed by atoms with E-state index in [1.54, 1.807) is 6.08 Å². The first-order valence-electron chi connectivity index (χ1n) is 9.25. The summed E-state index contributed by atoms with van der Waals surface area (Å²) in [6.07, 6.45) is 4.98. The summed E-state index contributed by atoms with van der Waals surface area (Å²) in [6, 6.07) is 16.1. The average Bonchev–Trinajstić information content (AvgIpc) is 3.05. The van der Waals surface area contributed by atoms with Gasteiger partial charge in [0.1, 0.15) is 5.69 Å². The van der Waals surface area contributed by atoms with E-state index in [-0.39, 0.29) is 5.69 Å². The molecule has 8 nitrogen and oxygen atoms in total. The molecule has 150 valence electrons. The average molecular weight is 402 g/mol. The van der Waals surface area contributed by atoms with Crippen LogP contribution in [-0.2, 0) is 6.54 Å². The van der Waals surface area contributed by atoms with Crippen molar-refractivity contribution in [3.05, 3.63) is 108 Å². The Morgan fingerprint density at radius 3 is 2.50 bits per heavy atom. The van der Waals surface area contributed by atoms with Crippen molar-refractivity contribution in [1.29, 1.82) is 0 Å². The summed E-state index contributed by atoms with van der Waals surface area (Å²) < 4.78 is 2.09. The van der Waals surface area contributed by atoms with Crippen molar-refractivity contribution >= 4 is 28.7 Å². The van der Waals surface area contributed by atoms with Crippen molar-refractivity contribution in [2.24, 2.45) is 0 Å². The molecule has 2 aromatic heterocycles. The Hall–Kier alpha value is -4.20. The molecule has 8 heteroatoms. The van der Waals surface area contributed by atoms with Crippen LogP contribution in [0.1, 0.15) is 22.4 Å². The smallest absolute Gasteiger partial charge is 0.342 e. The molecule has 30 heavy (non-hydrogen) atoms. The summed E-state index contributed by atoms with van der Waals surface area (Å²) in [4.78, 5) is 38.0. The highest BCUT2D eigenvalue weighted by Gasteiger charge is 2.19. The fraction of sp³-hybridized carbons (Fsp3) is 0.0909. The number of rotatable bonds is 5. The van der Waals surface area contributed by atoms with Crippen LogP contribution in [0.2, 0.25) is 0 Å². The van der Waals surface area contributed by atoms with Crippen LogP contribution in [0.4, 0.5) is 5.69 Å². The lowest BCUT2D eigenvalue weighted by molar-refractivity contribution is -0.386. The molecule has 0 unspecified atom stereocenters. The number of aryl methyl sites for hydroxylation is 1. The molecule has 0 amide bonds. The zero-order chi connectivity index (χ0) is 21.3. The minimum absolute atomic E-state index is 0.149. The lowest BCUT2D eigenvalue weighted by Gasteiger charge is -2.06. The summed E-state index contributed by atoms with van der Waals surface area (Å²) in [5.41, 5.74) is 1.47. The Balaban J connectivity index is 1.78. The Morgan fingerprint density at radius 1 is 1.03 bits per heavy atom. The van der Waals surface area contributed by atoms with Crippen molar-refractivity contribution in [2.45, 2.75) is 13.5 Å². The van der Waals surface area contributed by atoms with E-state index in [0.29, 0.717) is 6.54 Å². The standard InChI is InChI=1S/C22H18N4O4/c1-14-6-8-15(9-7-14)12-25-13-16(17-4-2-3-5-19(17)25)10-11-18-20(26(29)30)21(27)24-22(28)23-18/h2-11,13H,12H2,1H3,(H2,23,24,27,28)/b11-10+. The molecule has 0 spiro atoms. The monoisotopic (exact) mass is 402 g/mol. The Labute approximate surface area is 170 Å². The van der Waals surface area contributed by atoms with Gasteiger partial charge in [-0.15, -0.1) is 0 Å². The maximum Gasteiger partial charge on any atom is 0.357 e. The highest BCUT2D eigenvalue weighted by Crippen LogP contribution is 2.25. The Bertz CT molecular complexity index is 1390. The van der Waals surface area contributed by atoms with E-state index < -0.39 is 21.9 Å². The molecule has 0 atom stereocenters. The molecule has 0 aliphatic carbocycles. The van der Waals surface area contributed by atoms with Crippen molar-refractivity contribution in [3.63, 3.8) is 0 Å². The third kappa shape index (κ3) is 3.70. The van der Waals surface area contributed by atoms with E-state index in [9.17, 15) is 19.7 Å². The van der Waals surface area contributed by atoms with E-state index in [0.717, 1.165) is 22.0 Å². The first-order valence-corrected chi connectivity index (χ1v) is 9.25. The van der Waals surface area contributed by atoms with Crippen LogP contribution < -0.4 is 11.2 Å². The van der Waals surface area contributed by atoms with Gasteiger partial charge in [-0.2, -0.15) is 0 Å². The van der Waals surface area contributed by atoms with Crippen LogP contribution in [0, 0.1) is 17.0 Å². The summed E-state index contributed by atoms with van der Waals surface area (Å²) >= 11 is 0. The summed E-state index contributed by atoms with van der Waals surface area (Å²) in [7, 11) is 0. The predicted molar refractivity (Wildman–Crippen MR) is 115 cm³/mol. The van der Waals surface area contributed by atoms with Gasteiger partial charge in [0.05, 0.1) is 4.92 Å². The molecular weight excluding hydrogens is 384 g/mol. The van der Waals surface area contributed by atoms with Gasteiger partial charge in [0.15, 0.2) is 0 Å². The van der Waals surface area contributed by atoms with Crippen molar-refractivity contribution < 1.29 is 4.92 Å². The van der Waals surface area contributed by atoms with E-state index in [1.165, 1.54) is 11.6 Å². The summed E-state index contributed by atoms with van der Waals surface area (Å²) in [5.74, 6) is 0. The fourth-order valence-electron chi connectivity index (χ4n) is 3.40. The number of benzene rings is 2. The number of para-hydroxylation sites is 1. The minimum Gasteiger partial charge on any atom is -0.342 e. The highest BCUT2D eigenvalue weighted by molar-refractivity contribution is 5.92. The molecule has 2 N–H and O–H groups in total. The second kappa shape index (κ2) is 7.67. The molecule has 4 aromatic rings. The number of nitrogens with zero attached hydrogens (tertiary/aromatic N) is 2. The molecular formula is C22H18N4O4. The third-order valence-corrected chi connectivity index (χ3v) is 4.85. The summed E-state index contributed by atoms with van der Waals surface area (Å²) in [6.45, 7) is 2.70. The maximum atomic E-state index is 11.8. The molecule has 0 saturated heterocycles. The number of H-pyrrole nitrogens is 2. The number of nitro groups is 1. The van der Waals surface area contributed by atoms with Gasteiger partial charge in [-0.1, -0.05) is 54.1 Å². The third-order valence-electron chi connectivity index (χ3n) is 4.85. The van der Waals surface area contributed by atoms with Gasteiger partial charge < -0.3 is 9.55 Å². The molecule has 0 saturated carbocycles. The Kier molecular flexibility index (Phi) is 4.89. The fourth-order valence-corrected chi connectivity index (χ4v) is 3.40. The predicted octanol–water partition coefficient (Wildman–Crippen LogP) is 3.45. The molecule has 2 heterocycles. The molecule has 0 fully saturated rings. The van der Waals surface area contributed by atoms with Gasteiger partial charge in [-0.05, 0) is 24.6 Å². The van der Waals surface area contributed by atoms with Crippen LogP contribution >= 0.6 is 0 Å². The quantitative estimate of drug-likeness (QED) is 0.393. The SMILES string of the molecule is Cc1ccc(Cn2cc(/C=C/c3[nH]c(=O)[nH]c(=O)c3[N+](=O)[O-])c3ccccc32)cc1. The maximum absolute atomic E-state index is 11.8. The molecule has 0 radical (unpaired) electrons. The van der Waals surface area contributed by atoms with Crippen molar-refractivity contribution in [2.75, 3.05) is 0 Å². The number of hydrogen-bond acceptors (Lipinski definition) is 4. The number of fused-ring (bicyclic) bond motifs is 1. The van der Waals surface area contributed by atoms with Crippen LogP contribution in [0.5, 0.6) is 0 Å². The number of aromatic amines is 2. The first-order chi connectivity index (χ1) is 14.4. The van der Waals surface area contributed by atoms with Crippen LogP contribution in [0.25, 0.3) is 23.1 Å². The first kappa shape index (κ1) is 19.1. The van der Waals surface area contributed by atoms with Crippen molar-refractivity contribution in [1.82, 2.24) is 14.5 Å². The number of hydrogen-bond donors (Lipinski definition) is 2. The van der Waals surface area contributed by atoms with Crippen LogP contribution in [0.15, 0.2) is 64.3 Å². The largest absolute Gasteiger partial charge is 0.357 e. The van der Waals surface area contributed by atoms with E-state index >= 15 is 0 Å². The van der Waals surface area contributed by atoms with E-state index in [1.807, 2.05) is 42.4 Å². The normalized spacial score (nSPS) is 11.4. The number of nitrogens with one attached hydrogen (secondary N) is 2. The molecule has 2 aromatic carbocycles. The summed E-state index contributed by atoms with van der Waals surface area (Å²) in [5, 5.41) is 12.2. The van der Waals surface area contributed by atoms with Gasteiger partial charge in [0.25, 0.3) is 0 Å². The zero-order valence-corrected chi connectivity index (χ0v) is 16.1. The van der Waals surface area contributed by atoms with Gasteiger partial charge in [0.2, 0.25) is 0 Å². The molecule has 0 aliphatic heterocycles. The van der Waals surface area contributed by atoms with Crippen LogP contribution in [-0.4, -0.2) is 19.5 Å². The topological polar surface area (TPSA) is 114 Å². The van der Waals surface area contributed by atoms with Gasteiger partial charge in [-0.25, -0.2) is 4.79 Å². The number of aromatic nitrogens is 3. The molecule has 4 rings (SSSR count). The van der Waals surface area contributed by atoms with Crippen molar-refractivity contribution in [3.8, 4) is 0 Å². The lowest BCUT2D eigenvalue weighted by atomic mass is 10.1. The van der Waals surface area contributed by atoms with Gasteiger partial charge in [-0.3, -0.25) is 19.9 Å².